The maximum absolute atomic E-state index is 12.7. The Morgan fingerprint density at radius 3 is 2.40 bits per heavy atom. The van der Waals surface area contributed by atoms with Crippen molar-refractivity contribution in [2.24, 2.45) is 17.8 Å². The van der Waals surface area contributed by atoms with Gasteiger partial charge >= 0.3 is 12.1 Å². The van der Waals surface area contributed by atoms with Crippen molar-refractivity contribution in [1.29, 1.82) is 0 Å². The van der Waals surface area contributed by atoms with E-state index < -0.39 is 17.7 Å². The van der Waals surface area contributed by atoms with Crippen LogP contribution in [0.1, 0.15) is 32.1 Å². The van der Waals surface area contributed by atoms with Gasteiger partial charge in [0.15, 0.2) is 7.85 Å². The Morgan fingerprint density at radius 2 is 1.74 bits per heavy atom. The van der Waals surface area contributed by atoms with Crippen LogP contribution in [0.2, 0.25) is 0 Å². The van der Waals surface area contributed by atoms with Gasteiger partial charge in [-0.1, -0.05) is 0 Å². The second kappa shape index (κ2) is 13.5. The first-order chi connectivity index (χ1) is 16.9. The van der Waals surface area contributed by atoms with E-state index in [0.29, 0.717) is 37.5 Å². The zero-order valence-corrected chi connectivity index (χ0v) is 20.3. The number of hydrogen-bond donors (Lipinski definition) is 1. The summed E-state index contributed by atoms with van der Waals surface area (Å²) in [5, 5.41) is 2.65. The van der Waals surface area contributed by atoms with E-state index in [-0.39, 0.29) is 51.2 Å². The number of amides is 2. The SMILES string of the molecule is [B]C(=O)CN1CCN(C(=O)CCNC(=O)OCC2[C@H]3CCC#CCC[C@@H]23)CC1COC(=O)COC. The Morgan fingerprint density at radius 1 is 1.03 bits per heavy atom. The number of carbonyl (C=O) groups is 4. The summed E-state index contributed by atoms with van der Waals surface area (Å²) in [6.07, 6.45) is 3.58. The largest absolute Gasteiger partial charge is 0.462 e. The van der Waals surface area contributed by atoms with Gasteiger partial charge < -0.3 is 29.2 Å². The fraction of sp³-hybridized carbons (Fsp3) is 0.750. The molecule has 4 atom stereocenters. The molecule has 11 heteroatoms. The topological polar surface area (TPSA) is 114 Å². The second-order valence-corrected chi connectivity index (χ2v) is 9.24. The third-order valence-corrected chi connectivity index (χ3v) is 6.87. The first-order valence-corrected chi connectivity index (χ1v) is 12.2. The molecule has 1 saturated carbocycles. The van der Waals surface area contributed by atoms with Gasteiger partial charge in [0.05, 0.1) is 18.3 Å². The number of nitrogens with one attached hydrogen (secondary N) is 1. The lowest BCUT2D eigenvalue weighted by Crippen LogP contribution is -2.57. The molecule has 35 heavy (non-hydrogen) atoms. The van der Waals surface area contributed by atoms with Crippen LogP contribution in [0.4, 0.5) is 4.79 Å². The minimum absolute atomic E-state index is 0.0116. The highest BCUT2D eigenvalue weighted by Crippen LogP contribution is 2.52. The molecular weight excluding hydrogens is 453 g/mol. The van der Waals surface area contributed by atoms with Crippen LogP contribution >= 0.6 is 0 Å². The van der Waals surface area contributed by atoms with E-state index in [0.717, 1.165) is 25.7 Å². The summed E-state index contributed by atoms with van der Waals surface area (Å²) in [5.41, 5.74) is -0.495. The van der Waals surface area contributed by atoms with Crippen molar-refractivity contribution in [3.05, 3.63) is 0 Å². The van der Waals surface area contributed by atoms with Crippen molar-refractivity contribution >= 4 is 31.5 Å². The van der Waals surface area contributed by atoms with Gasteiger partial charge in [0.1, 0.15) is 13.2 Å². The summed E-state index contributed by atoms with van der Waals surface area (Å²) in [6, 6.07) is -0.361. The predicted octanol–water partition coefficient (Wildman–Crippen LogP) is -0.0602. The molecule has 1 heterocycles. The Bertz CT molecular complexity index is 825. The van der Waals surface area contributed by atoms with E-state index >= 15 is 0 Å². The molecule has 0 aromatic rings. The highest BCUT2D eigenvalue weighted by Gasteiger charge is 2.49. The Balaban J connectivity index is 1.36. The summed E-state index contributed by atoms with van der Waals surface area (Å²) >= 11 is 0. The van der Waals surface area contributed by atoms with Gasteiger partial charge in [0, 0.05) is 59.1 Å². The lowest BCUT2D eigenvalue weighted by Gasteiger charge is -2.40. The molecular formula is C24H34BN3O7. The zero-order chi connectivity index (χ0) is 25.2. The number of carbonyl (C=O) groups excluding carboxylic acids is 4. The van der Waals surface area contributed by atoms with E-state index in [4.69, 9.17) is 22.1 Å². The Kier molecular flexibility index (Phi) is 10.4. The van der Waals surface area contributed by atoms with Gasteiger partial charge in [-0.3, -0.25) is 9.69 Å². The highest BCUT2D eigenvalue weighted by atomic mass is 16.6. The number of nitrogens with zero attached hydrogens (tertiary/aromatic N) is 2. The molecule has 3 rings (SSSR count). The first kappa shape index (κ1) is 27.0. The summed E-state index contributed by atoms with van der Waals surface area (Å²) in [6.45, 7) is 1.53. The summed E-state index contributed by atoms with van der Waals surface area (Å²) in [7, 11) is 6.72. The molecule has 2 radical (unpaired) electrons. The van der Waals surface area contributed by atoms with Crippen molar-refractivity contribution in [2.75, 3.05) is 59.7 Å². The molecule has 190 valence electrons. The molecule has 0 spiro atoms. The maximum atomic E-state index is 12.7. The quantitative estimate of drug-likeness (QED) is 0.245. The number of rotatable bonds is 11. The molecule has 0 aromatic heterocycles. The van der Waals surface area contributed by atoms with Crippen LogP contribution in [-0.4, -0.2) is 107 Å². The third kappa shape index (κ3) is 8.55. The fourth-order valence-corrected chi connectivity index (χ4v) is 4.97. The summed E-state index contributed by atoms with van der Waals surface area (Å²) < 4.78 is 15.3. The van der Waals surface area contributed by atoms with E-state index in [2.05, 4.69) is 17.2 Å². The summed E-state index contributed by atoms with van der Waals surface area (Å²) in [5.74, 6) is 7.30. The minimum Gasteiger partial charge on any atom is -0.462 e. The molecule has 3 aliphatic rings. The second-order valence-electron chi connectivity index (χ2n) is 9.24. The fourth-order valence-electron chi connectivity index (χ4n) is 4.97. The molecule has 1 aliphatic heterocycles. The molecule has 1 N–H and O–H groups in total. The third-order valence-electron chi connectivity index (χ3n) is 6.87. The van der Waals surface area contributed by atoms with Gasteiger partial charge in [-0.05, 0) is 30.6 Å². The van der Waals surface area contributed by atoms with Gasteiger partial charge in [-0.2, -0.15) is 0 Å². The van der Waals surface area contributed by atoms with Crippen LogP contribution in [0.3, 0.4) is 0 Å². The van der Waals surface area contributed by atoms with Crippen LogP contribution < -0.4 is 5.32 Å². The Labute approximate surface area is 207 Å². The van der Waals surface area contributed by atoms with E-state index in [1.54, 1.807) is 9.80 Å². The van der Waals surface area contributed by atoms with Crippen molar-refractivity contribution in [1.82, 2.24) is 15.1 Å². The summed E-state index contributed by atoms with van der Waals surface area (Å²) in [4.78, 5) is 51.2. The van der Waals surface area contributed by atoms with Crippen LogP contribution in [0, 0.1) is 29.6 Å². The molecule has 10 nitrogen and oxygen atoms in total. The van der Waals surface area contributed by atoms with Crippen LogP contribution in [0.5, 0.6) is 0 Å². The molecule has 1 saturated heterocycles. The van der Waals surface area contributed by atoms with Gasteiger partial charge in [0.25, 0.3) is 0 Å². The number of ether oxygens (including phenoxy) is 3. The average Bonchev–Trinajstić information content (AvgIpc) is 3.45. The predicted molar refractivity (Wildman–Crippen MR) is 126 cm³/mol. The van der Waals surface area contributed by atoms with Crippen LogP contribution in [0.15, 0.2) is 0 Å². The Hall–Kier alpha value is -2.58. The normalized spacial score (nSPS) is 25.7. The maximum Gasteiger partial charge on any atom is 0.407 e. The van der Waals surface area contributed by atoms with Gasteiger partial charge in [-0.15, -0.1) is 11.8 Å². The van der Waals surface area contributed by atoms with E-state index in [1.165, 1.54) is 7.11 Å². The van der Waals surface area contributed by atoms with Crippen LogP contribution in [0.25, 0.3) is 0 Å². The first-order valence-electron chi connectivity index (χ1n) is 12.2. The van der Waals surface area contributed by atoms with Crippen molar-refractivity contribution in [3.8, 4) is 11.8 Å². The van der Waals surface area contributed by atoms with E-state index in [9.17, 15) is 19.2 Å². The van der Waals surface area contributed by atoms with Crippen LogP contribution in [-0.2, 0) is 28.6 Å². The van der Waals surface area contributed by atoms with E-state index in [1.807, 2.05) is 0 Å². The number of methoxy groups -OCH3 is 1. The lowest BCUT2D eigenvalue weighted by molar-refractivity contribution is -0.151. The molecule has 2 unspecified atom stereocenters. The standard InChI is InChI=1S/C24H34BN3O7/c1-33-16-23(31)34-14-17-12-28(11-10-27(17)13-21(25)29)22(30)8-9-26-24(32)35-15-20-18-6-4-2-3-5-7-19(18)20/h17-20H,4-16H2,1H3,(H,26,32)/t17?,18-,19+,20?. The molecule has 2 fully saturated rings. The molecule has 2 amide bonds. The average molecular weight is 487 g/mol. The molecule has 2 aliphatic carbocycles. The van der Waals surface area contributed by atoms with Gasteiger partial charge in [-0.25, -0.2) is 9.59 Å². The number of fused-ring (bicyclic) bond motifs is 1. The minimum atomic E-state index is -0.525. The lowest BCUT2D eigenvalue weighted by atomic mass is 10.0. The number of alkyl carbamates (subject to hydrolysis) is 1. The monoisotopic (exact) mass is 487 g/mol. The van der Waals surface area contributed by atoms with Gasteiger partial charge in [0.2, 0.25) is 5.91 Å². The number of piperazine rings is 1. The highest BCUT2D eigenvalue weighted by molar-refractivity contribution is 6.58. The number of esters is 1. The van der Waals surface area contributed by atoms with Crippen molar-refractivity contribution in [3.63, 3.8) is 0 Å². The zero-order valence-electron chi connectivity index (χ0n) is 20.3. The smallest absolute Gasteiger partial charge is 0.407 e. The molecule has 0 bridgehead atoms. The molecule has 0 aromatic carbocycles. The number of hydrogen-bond acceptors (Lipinski definition) is 8. The van der Waals surface area contributed by atoms with Crippen molar-refractivity contribution < 1.29 is 33.4 Å². The van der Waals surface area contributed by atoms with Crippen molar-refractivity contribution in [2.45, 2.75) is 38.1 Å².